The van der Waals surface area contributed by atoms with Crippen molar-refractivity contribution in [3.8, 4) is 0 Å². The van der Waals surface area contributed by atoms with Crippen molar-refractivity contribution in [2.45, 2.75) is 13.8 Å². The van der Waals surface area contributed by atoms with Gasteiger partial charge in [0.15, 0.2) is 0 Å². The van der Waals surface area contributed by atoms with Crippen LogP contribution in [0.25, 0.3) is 0 Å². The first-order valence-corrected chi connectivity index (χ1v) is 6.31. The molecule has 0 unspecified atom stereocenters. The van der Waals surface area contributed by atoms with Gasteiger partial charge >= 0.3 is 5.69 Å². The van der Waals surface area contributed by atoms with Crippen molar-refractivity contribution in [3.63, 3.8) is 0 Å². The molecule has 0 saturated heterocycles. The number of halogens is 1. The molecular weight excluding hydrogens is 259 g/mol. The second kappa shape index (κ2) is 5.69. The van der Waals surface area contributed by atoms with Gasteiger partial charge in [0.2, 0.25) is 5.82 Å². The van der Waals surface area contributed by atoms with Gasteiger partial charge in [-0.3, -0.25) is 10.1 Å². The Labute approximate surface area is 116 Å². The maximum absolute atomic E-state index is 13.7. The van der Waals surface area contributed by atoms with Gasteiger partial charge in [0.1, 0.15) is 5.69 Å². The zero-order valence-corrected chi connectivity index (χ0v) is 11.3. The lowest BCUT2D eigenvalue weighted by molar-refractivity contribution is -0.386. The predicted octanol–water partition coefficient (Wildman–Crippen LogP) is 4.20. The van der Waals surface area contributed by atoms with E-state index in [0.717, 1.165) is 17.3 Å². The molecule has 0 heterocycles. The Morgan fingerprint density at radius 1 is 1.20 bits per heavy atom. The topological polar surface area (TPSA) is 46.4 Å². The van der Waals surface area contributed by atoms with Gasteiger partial charge in [-0.1, -0.05) is 23.8 Å². The number of nitro groups is 1. The standard InChI is InChI=1S/C15H15FN2O2/c1-3-17(12-9-7-11(2)8-10-12)14-6-4-5-13(16)15(14)18(19)20/h4-10H,3H2,1-2H3. The minimum absolute atomic E-state index is 0.265. The molecule has 0 saturated carbocycles. The third-order valence-electron chi connectivity index (χ3n) is 3.10. The van der Waals surface area contributed by atoms with Crippen LogP contribution in [0, 0.1) is 22.9 Å². The summed E-state index contributed by atoms with van der Waals surface area (Å²) in [7, 11) is 0. The Morgan fingerprint density at radius 2 is 1.85 bits per heavy atom. The summed E-state index contributed by atoms with van der Waals surface area (Å²) >= 11 is 0. The molecule has 0 bridgehead atoms. The van der Waals surface area contributed by atoms with E-state index in [1.807, 2.05) is 38.1 Å². The Morgan fingerprint density at radius 3 is 2.40 bits per heavy atom. The molecule has 5 heteroatoms. The number of benzene rings is 2. The molecule has 0 aliphatic carbocycles. The van der Waals surface area contributed by atoms with Crippen LogP contribution in [0.3, 0.4) is 0 Å². The fraction of sp³-hybridized carbons (Fsp3) is 0.200. The summed E-state index contributed by atoms with van der Waals surface area (Å²) in [5, 5.41) is 11.1. The van der Waals surface area contributed by atoms with Crippen molar-refractivity contribution in [2.24, 2.45) is 0 Å². The minimum Gasteiger partial charge on any atom is -0.336 e. The van der Waals surface area contributed by atoms with Crippen LogP contribution in [-0.4, -0.2) is 11.5 Å². The highest BCUT2D eigenvalue weighted by Gasteiger charge is 2.24. The molecule has 0 amide bonds. The first kappa shape index (κ1) is 14.0. The summed E-state index contributed by atoms with van der Waals surface area (Å²) < 4.78 is 13.7. The lowest BCUT2D eigenvalue weighted by atomic mass is 10.1. The lowest BCUT2D eigenvalue weighted by Gasteiger charge is -2.23. The maximum atomic E-state index is 13.7. The SMILES string of the molecule is CCN(c1ccc(C)cc1)c1cccc(F)c1[N+](=O)[O-]. The van der Waals surface area contributed by atoms with Gasteiger partial charge in [0.05, 0.1) is 4.92 Å². The zero-order valence-electron chi connectivity index (χ0n) is 11.3. The summed E-state index contributed by atoms with van der Waals surface area (Å²) in [6.07, 6.45) is 0. The third-order valence-corrected chi connectivity index (χ3v) is 3.10. The van der Waals surface area contributed by atoms with Crippen LogP contribution in [0.2, 0.25) is 0 Å². The van der Waals surface area contributed by atoms with E-state index in [1.165, 1.54) is 6.07 Å². The molecule has 2 aromatic rings. The number of hydrogen-bond acceptors (Lipinski definition) is 3. The molecule has 2 aromatic carbocycles. The normalized spacial score (nSPS) is 10.3. The van der Waals surface area contributed by atoms with E-state index < -0.39 is 16.4 Å². The molecule has 0 aliphatic heterocycles. The Balaban J connectivity index is 2.55. The fourth-order valence-corrected chi connectivity index (χ4v) is 2.12. The molecule has 0 radical (unpaired) electrons. The van der Waals surface area contributed by atoms with E-state index in [4.69, 9.17) is 0 Å². The number of para-hydroxylation sites is 1. The number of aryl methyl sites for hydroxylation is 1. The Bertz CT molecular complexity index is 626. The van der Waals surface area contributed by atoms with Gasteiger partial charge in [0.25, 0.3) is 0 Å². The number of nitro benzene ring substituents is 1. The van der Waals surface area contributed by atoms with E-state index in [1.54, 1.807) is 11.0 Å². The Kier molecular flexibility index (Phi) is 3.98. The van der Waals surface area contributed by atoms with Crippen LogP contribution in [0.15, 0.2) is 42.5 Å². The number of anilines is 2. The van der Waals surface area contributed by atoms with Gasteiger partial charge in [-0.15, -0.1) is 0 Å². The van der Waals surface area contributed by atoms with Crippen molar-refractivity contribution in [1.82, 2.24) is 0 Å². The van der Waals surface area contributed by atoms with Crippen LogP contribution < -0.4 is 4.90 Å². The quantitative estimate of drug-likeness (QED) is 0.620. The van der Waals surface area contributed by atoms with Gasteiger partial charge in [-0.25, -0.2) is 0 Å². The number of hydrogen-bond donors (Lipinski definition) is 0. The van der Waals surface area contributed by atoms with Crippen molar-refractivity contribution in [2.75, 3.05) is 11.4 Å². The van der Waals surface area contributed by atoms with Crippen LogP contribution >= 0.6 is 0 Å². The molecule has 2 rings (SSSR count). The van der Waals surface area contributed by atoms with Gasteiger partial charge in [0, 0.05) is 12.2 Å². The molecular formula is C15H15FN2O2. The summed E-state index contributed by atoms with van der Waals surface area (Å²) in [4.78, 5) is 12.1. The lowest BCUT2D eigenvalue weighted by Crippen LogP contribution is -2.17. The largest absolute Gasteiger partial charge is 0.336 e. The monoisotopic (exact) mass is 274 g/mol. The average molecular weight is 274 g/mol. The van der Waals surface area contributed by atoms with Crippen molar-refractivity contribution >= 4 is 17.1 Å². The highest BCUT2D eigenvalue weighted by atomic mass is 19.1. The van der Waals surface area contributed by atoms with Crippen LogP contribution in [-0.2, 0) is 0 Å². The molecule has 0 aliphatic rings. The van der Waals surface area contributed by atoms with E-state index in [0.29, 0.717) is 6.54 Å². The molecule has 0 N–H and O–H groups in total. The number of rotatable bonds is 4. The number of nitrogens with zero attached hydrogens (tertiary/aromatic N) is 2. The Hall–Kier alpha value is -2.43. The molecule has 0 aromatic heterocycles. The van der Waals surface area contributed by atoms with E-state index in [2.05, 4.69) is 0 Å². The first-order valence-electron chi connectivity index (χ1n) is 6.31. The molecule has 0 fully saturated rings. The minimum atomic E-state index is -0.821. The van der Waals surface area contributed by atoms with E-state index >= 15 is 0 Å². The average Bonchev–Trinajstić information content (AvgIpc) is 2.41. The zero-order chi connectivity index (χ0) is 14.7. The third kappa shape index (κ3) is 2.61. The molecule has 0 atom stereocenters. The second-order valence-corrected chi connectivity index (χ2v) is 4.44. The summed E-state index contributed by atoms with van der Waals surface area (Å²) in [6.45, 7) is 4.34. The summed E-state index contributed by atoms with van der Waals surface area (Å²) in [6, 6.07) is 11.7. The van der Waals surface area contributed by atoms with Gasteiger partial charge in [-0.05, 0) is 38.1 Å². The second-order valence-electron chi connectivity index (χ2n) is 4.44. The van der Waals surface area contributed by atoms with Crippen molar-refractivity contribution < 1.29 is 9.31 Å². The van der Waals surface area contributed by atoms with Crippen LogP contribution in [0.1, 0.15) is 12.5 Å². The van der Waals surface area contributed by atoms with Gasteiger partial charge < -0.3 is 4.90 Å². The van der Waals surface area contributed by atoms with Crippen LogP contribution in [0.4, 0.5) is 21.5 Å². The first-order chi connectivity index (χ1) is 9.54. The van der Waals surface area contributed by atoms with Gasteiger partial charge in [-0.2, -0.15) is 4.39 Å². The fourth-order valence-electron chi connectivity index (χ4n) is 2.12. The molecule has 4 nitrogen and oxygen atoms in total. The van der Waals surface area contributed by atoms with E-state index in [-0.39, 0.29) is 5.69 Å². The summed E-state index contributed by atoms with van der Waals surface area (Å²) in [5.74, 6) is -0.821. The van der Waals surface area contributed by atoms with Crippen molar-refractivity contribution in [1.29, 1.82) is 0 Å². The predicted molar refractivity (Wildman–Crippen MR) is 76.9 cm³/mol. The highest BCUT2D eigenvalue weighted by Crippen LogP contribution is 2.35. The van der Waals surface area contributed by atoms with E-state index in [9.17, 15) is 14.5 Å². The van der Waals surface area contributed by atoms with Crippen LogP contribution in [0.5, 0.6) is 0 Å². The molecule has 0 spiro atoms. The highest BCUT2D eigenvalue weighted by molar-refractivity contribution is 5.72. The maximum Gasteiger partial charge on any atom is 0.328 e. The van der Waals surface area contributed by atoms with Crippen molar-refractivity contribution in [3.05, 3.63) is 64.0 Å². The summed E-state index contributed by atoms with van der Waals surface area (Å²) in [5.41, 5.74) is 1.67. The smallest absolute Gasteiger partial charge is 0.328 e. The molecule has 104 valence electrons. The molecule has 20 heavy (non-hydrogen) atoms.